The van der Waals surface area contributed by atoms with Gasteiger partial charge in [0.15, 0.2) is 0 Å². The molecule has 5 nitrogen and oxygen atoms in total. The van der Waals surface area contributed by atoms with Crippen molar-refractivity contribution in [2.24, 2.45) is 0 Å². The molecule has 0 spiro atoms. The van der Waals surface area contributed by atoms with Gasteiger partial charge in [0.2, 0.25) is 5.91 Å². The van der Waals surface area contributed by atoms with Crippen molar-refractivity contribution < 1.29 is 9.53 Å². The maximum atomic E-state index is 12.6. The molecule has 25 heavy (non-hydrogen) atoms. The van der Waals surface area contributed by atoms with Gasteiger partial charge in [-0.25, -0.2) is 0 Å². The van der Waals surface area contributed by atoms with E-state index >= 15 is 0 Å². The van der Waals surface area contributed by atoms with E-state index in [2.05, 4.69) is 0 Å². The number of rotatable bonds is 4. The van der Waals surface area contributed by atoms with E-state index < -0.39 is 0 Å². The molecule has 0 radical (unpaired) electrons. The van der Waals surface area contributed by atoms with Crippen LogP contribution in [-0.2, 0) is 16.1 Å². The fourth-order valence-electron chi connectivity index (χ4n) is 3.03. The van der Waals surface area contributed by atoms with Crippen LogP contribution >= 0.6 is 11.6 Å². The first-order valence-corrected chi connectivity index (χ1v) is 8.73. The summed E-state index contributed by atoms with van der Waals surface area (Å²) in [6.45, 7) is 3.86. The minimum atomic E-state index is -0.142. The SMILES string of the molecule is Cc1cccc(=O)n1CCC(=O)N1CCO[C@H](c2ccc(Cl)cc2)C1. The molecule has 1 aromatic carbocycles. The van der Waals surface area contributed by atoms with Crippen molar-refractivity contribution in [1.82, 2.24) is 9.47 Å². The van der Waals surface area contributed by atoms with Crippen molar-refractivity contribution in [2.45, 2.75) is 26.0 Å². The molecule has 0 saturated carbocycles. The summed E-state index contributed by atoms with van der Waals surface area (Å²) < 4.78 is 7.43. The van der Waals surface area contributed by atoms with E-state index in [1.54, 1.807) is 10.6 Å². The summed E-state index contributed by atoms with van der Waals surface area (Å²) in [6.07, 6.45) is 0.161. The highest BCUT2D eigenvalue weighted by molar-refractivity contribution is 6.30. The number of carbonyl (C=O) groups is 1. The molecule has 3 rings (SSSR count). The summed E-state index contributed by atoms with van der Waals surface area (Å²) in [5, 5.41) is 0.677. The Morgan fingerprint density at radius 1 is 1.24 bits per heavy atom. The summed E-state index contributed by atoms with van der Waals surface area (Å²) >= 11 is 5.92. The predicted molar refractivity (Wildman–Crippen MR) is 96.8 cm³/mol. The zero-order chi connectivity index (χ0) is 17.8. The van der Waals surface area contributed by atoms with E-state index in [4.69, 9.17) is 16.3 Å². The summed E-state index contributed by atoms with van der Waals surface area (Å²) in [5.74, 6) is 0.0393. The molecule has 0 unspecified atom stereocenters. The monoisotopic (exact) mass is 360 g/mol. The second-order valence-corrected chi connectivity index (χ2v) is 6.59. The molecular weight excluding hydrogens is 340 g/mol. The molecule has 1 saturated heterocycles. The molecule has 0 bridgehead atoms. The maximum absolute atomic E-state index is 12.6. The molecular formula is C19H21ClN2O3. The van der Waals surface area contributed by atoms with Gasteiger partial charge >= 0.3 is 0 Å². The molecule has 1 atom stereocenters. The second-order valence-electron chi connectivity index (χ2n) is 6.16. The number of benzene rings is 1. The fraction of sp³-hybridized carbons (Fsp3) is 0.368. The molecule has 1 aliphatic heterocycles. The number of aromatic nitrogens is 1. The van der Waals surface area contributed by atoms with Gasteiger partial charge in [-0.3, -0.25) is 9.59 Å². The number of ether oxygens (including phenoxy) is 1. The Morgan fingerprint density at radius 2 is 2.00 bits per heavy atom. The highest BCUT2D eigenvalue weighted by Crippen LogP contribution is 2.24. The standard InChI is InChI=1S/C19H21ClN2O3/c1-14-3-2-4-19(24)22(14)10-9-18(23)21-11-12-25-17(13-21)15-5-7-16(20)8-6-15/h2-8,17H,9-13H2,1H3/t17-/m0/s1. The predicted octanol–water partition coefficient (Wildman–Crippen LogP) is 2.80. The second kappa shape index (κ2) is 7.85. The quantitative estimate of drug-likeness (QED) is 0.842. The molecule has 0 N–H and O–H groups in total. The lowest BCUT2D eigenvalue weighted by molar-refractivity contribution is -0.139. The minimum absolute atomic E-state index is 0.0393. The molecule has 2 heterocycles. The average Bonchev–Trinajstić information content (AvgIpc) is 2.62. The van der Waals surface area contributed by atoms with Crippen molar-refractivity contribution in [2.75, 3.05) is 19.7 Å². The molecule has 1 amide bonds. The van der Waals surface area contributed by atoms with Crippen LogP contribution in [0.1, 0.15) is 23.8 Å². The van der Waals surface area contributed by atoms with Gasteiger partial charge in [-0.05, 0) is 30.7 Å². The molecule has 1 aliphatic rings. The number of hydrogen-bond acceptors (Lipinski definition) is 3. The van der Waals surface area contributed by atoms with E-state index in [0.717, 1.165) is 11.3 Å². The number of halogens is 1. The smallest absolute Gasteiger partial charge is 0.250 e. The van der Waals surface area contributed by atoms with Crippen molar-refractivity contribution >= 4 is 17.5 Å². The van der Waals surface area contributed by atoms with Crippen molar-refractivity contribution in [3.63, 3.8) is 0 Å². The van der Waals surface area contributed by atoms with Crippen molar-refractivity contribution in [1.29, 1.82) is 0 Å². The van der Waals surface area contributed by atoms with Crippen LogP contribution in [0.15, 0.2) is 47.3 Å². The molecule has 0 aliphatic carbocycles. The number of nitrogens with zero attached hydrogens (tertiary/aromatic N) is 2. The largest absolute Gasteiger partial charge is 0.370 e. The fourth-order valence-corrected chi connectivity index (χ4v) is 3.16. The van der Waals surface area contributed by atoms with Crippen LogP contribution in [0, 0.1) is 6.92 Å². The van der Waals surface area contributed by atoms with Gasteiger partial charge in [0.1, 0.15) is 6.10 Å². The third-order valence-electron chi connectivity index (χ3n) is 4.48. The summed E-state index contributed by atoms with van der Waals surface area (Å²) in [4.78, 5) is 26.3. The Morgan fingerprint density at radius 3 is 2.72 bits per heavy atom. The highest BCUT2D eigenvalue weighted by atomic mass is 35.5. The van der Waals surface area contributed by atoms with Crippen LogP contribution in [-0.4, -0.2) is 35.1 Å². The van der Waals surface area contributed by atoms with E-state index in [0.29, 0.717) is 37.7 Å². The third kappa shape index (κ3) is 4.30. The highest BCUT2D eigenvalue weighted by Gasteiger charge is 2.25. The first kappa shape index (κ1) is 17.7. The van der Waals surface area contributed by atoms with Crippen LogP contribution in [0.4, 0.5) is 0 Å². The Hall–Kier alpha value is -2.11. The van der Waals surface area contributed by atoms with Gasteiger partial charge in [-0.1, -0.05) is 29.8 Å². The van der Waals surface area contributed by atoms with Crippen molar-refractivity contribution in [3.8, 4) is 0 Å². The first-order chi connectivity index (χ1) is 12.0. The molecule has 6 heteroatoms. The Balaban J connectivity index is 1.62. The van der Waals surface area contributed by atoms with Crippen LogP contribution < -0.4 is 5.56 Å². The number of morpholine rings is 1. The Bertz CT molecular complexity index is 801. The van der Waals surface area contributed by atoms with Gasteiger partial charge in [0.25, 0.3) is 5.56 Å². The molecule has 2 aromatic rings. The molecule has 1 aromatic heterocycles. The third-order valence-corrected chi connectivity index (χ3v) is 4.73. The van der Waals surface area contributed by atoms with Gasteiger partial charge in [-0.2, -0.15) is 0 Å². The summed E-state index contributed by atoms with van der Waals surface area (Å²) in [5.41, 5.74) is 1.80. The lowest BCUT2D eigenvalue weighted by atomic mass is 10.1. The van der Waals surface area contributed by atoms with Gasteiger partial charge in [0.05, 0.1) is 13.2 Å². The Labute approximate surface area is 151 Å². The van der Waals surface area contributed by atoms with E-state index in [9.17, 15) is 9.59 Å². The maximum Gasteiger partial charge on any atom is 0.250 e. The van der Waals surface area contributed by atoms with Crippen LogP contribution in [0.5, 0.6) is 0 Å². The lowest BCUT2D eigenvalue weighted by Crippen LogP contribution is -2.42. The topological polar surface area (TPSA) is 51.5 Å². The van der Waals surface area contributed by atoms with Crippen LogP contribution in [0.2, 0.25) is 5.02 Å². The zero-order valence-corrected chi connectivity index (χ0v) is 14.9. The normalized spacial score (nSPS) is 17.5. The Kier molecular flexibility index (Phi) is 5.56. The number of carbonyl (C=O) groups excluding carboxylic acids is 1. The lowest BCUT2D eigenvalue weighted by Gasteiger charge is -2.33. The van der Waals surface area contributed by atoms with Gasteiger partial charge < -0.3 is 14.2 Å². The number of hydrogen-bond donors (Lipinski definition) is 0. The van der Waals surface area contributed by atoms with Crippen LogP contribution in [0.3, 0.4) is 0 Å². The zero-order valence-electron chi connectivity index (χ0n) is 14.2. The first-order valence-electron chi connectivity index (χ1n) is 8.36. The van der Waals surface area contributed by atoms with E-state index in [-0.39, 0.29) is 17.6 Å². The van der Waals surface area contributed by atoms with E-state index in [1.807, 2.05) is 42.2 Å². The number of aryl methyl sites for hydroxylation is 1. The summed E-state index contributed by atoms with van der Waals surface area (Å²) in [6, 6.07) is 12.6. The average molecular weight is 361 g/mol. The minimum Gasteiger partial charge on any atom is -0.370 e. The van der Waals surface area contributed by atoms with Crippen LogP contribution in [0.25, 0.3) is 0 Å². The van der Waals surface area contributed by atoms with E-state index in [1.165, 1.54) is 6.07 Å². The van der Waals surface area contributed by atoms with Crippen molar-refractivity contribution in [3.05, 3.63) is 69.1 Å². The molecule has 1 fully saturated rings. The van der Waals surface area contributed by atoms with Gasteiger partial charge in [0, 0.05) is 36.3 Å². The summed E-state index contributed by atoms with van der Waals surface area (Å²) in [7, 11) is 0. The number of pyridine rings is 1. The van der Waals surface area contributed by atoms with Gasteiger partial charge in [-0.15, -0.1) is 0 Å². The number of amides is 1. The molecule has 132 valence electrons.